The standard InChI is InChI=1S/C21H22F3NO3/c1-25(16-9-11-17(28-2)12-10-16)20(27)18(13-3-4-13)19(26)14-5-7-15(8-6-14)21(22,23)24/h5-13,18-19,26H,3-4H2,1-2H3/t18-,19-/m1/s1. The summed E-state index contributed by atoms with van der Waals surface area (Å²) in [6.07, 6.45) is -3.98. The fourth-order valence-electron chi connectivity index (χ4n) is 3.28. The molecule has 0 spiro atoms. The van der Waals surface area contributed by atoms with Gasteiger partial charge in [-0.05, 0) is 60.7 Å². The van der Waals surface area contributed by atoms with Crippen molar-refractivity contribution in [2.75, 3.05) is 19.1 Å². The lowest BCUT2D eigenvalue weighted by molar-refractivity contribution is -0.137. The van der Waals surface area contributed by atoms with E-state index in [0.29, 0.717) is 17.0 Å². The van der Waals surface area contributed by atoms with Crippen molar-refractivity contribution >= 4 is 11.6 Å². The number of methoxy groups -OCH3 is 1. The highest BCUT2D eigenvalue weighted by molar-refractivity contribution is 5.95. The Morgan fingerprint density at radius 1 is 1.11 bits per heavy atom. The summed E-state index contributed by atoms with van der Waals surface area (Å²) in [7, 11) is 3.17. The molecule has 4 nitrogen and oxygen atoms in total. The van der Waals surface area contributed by atoms with Crippen LogP contribution in [0.5, 0.6) is 5.75 Å². The van der Waals surface area contributed by atoms with Gasteiger partial charge in [0.1, 0.15) is 5.75 Å². The number of benzene rings is 2. The average Bonchev–Trinajstić information content (AvgIpc) is 3.52. The molecule has 2 aromatic carbocycles. The van der Waals surface area contributed by atoms with E-state index in [1.54, 1.807) is 38.4 Å². The first kappa shape index (κ1) is 20.2. The monoisotopic (exact) mass is 393 g/mol. The van der Waals surface area contributed by atoms with Crippen molar-refractivity contribution in [3.05, 3.63) is 59.7 Å². The Kier molecular flexibility index (Phi) is 5.65. The molecule has 0 radical (unpaired) electrons. The maximum Gasteiger partial charge on any atom is 0.416 e. The second kappa shape index (κ2) is 7.83. The molecule has 1 fully saturated rings. The molecule has 3 rings (SSSR count). The molecule has 28 heavy (non-hydrogen) atoms. The predicted molar refractivity (Wildman–Crippen MR) is 99.0 cm³/mol. The van der Waals surface area contributed by atoms with Crippen LogP contribution in [0.15, 0.2) is 48.5 Å². The lowest BCUT2D eigenvalue weighted by Gasteiger charge is -2.28. The molecule has 0 saturated heterocycles. The fraction of sp³-hybridized carbons (Fsp3) is 0.381. The second-order valence-electron chi connectivity index (χ2n) is 7.02. The van der Waals surface area contributed by atoms with Gasteiger partial charge in [0.25, 0.3) is 0 Å². The van der Waals surface area contributed by atoms with E-state index in [4.69, 9.17) is 4.74 Å². The summed E-state index contributed by atoms with van der Waals surface area (Å²) in [4.78, 5) is 14.5. The van der Waals surface area contributed by atoms with Crippen LogP contribution in [0.3, 0.4) is 0 Å². The third kappa shape index (κ3) is 4.30. The van der Waals surface area contributed by atoms with E-state index in [-0.39, 0.29) is 11.8 Å². The molecule has 0 heterocycles. The molecule has 0 aromatic heterocycles. The Hall–Kier alpha value is -2.54. The number of ether oxygens (including phenoxy) is 1. The SMILES string of the molecule is COc1ccc(N(C)C(=O)[C@H](C2CC2)[C@H](O)c2ccc(C(F)(F)F)cc2)cc1. The van der Waals surface area contributed by atoms with Crippen LogP contribution < -0.4 is 9.64 Å². The van der Waals surface area contributed by atoms with Gasteiger partial charge in [0.05, 0.1) is 24.7 Å². The van der Waals surface area contributed by atoms with Crippen molar-refractivity contribution in [1.29, 1.82) is 0 Å². The molecule has 150 valence electrons. The minimum absolute atomic E-state index is 0.0190. The third-order valence-corrected chi connectivity index (χ3v) is 5.13. The van der Waals surface area contributed by atoms with Crippen LogP contribution in [0.2, 0.25) is 0 Å². The summed E-state index contributed by atoms with van der Waals surface area (Å²) in [6.45, 7) is 0. The van der Waals surface area contributed by atoms with E-state index in [9.17, 15) is 23.1 Å². The molecular weight excluding hydrogens is 371 g/mol. The Morgan fingerprint density at radius 2 is 1.68 bits per heavy atom. The number of hydrogen-bond acceptors (Lipinski definition) is 3. The van der Waals surface area contributed by atoms with E-state index in [0.717, 1.165) is 25.0 Å². The summed E-state index contributed by atoms with van der Waals surface area (Å²) in [5.74, 6) is -0.289. The van der Waals surface area contributed by atoms with Crippen molar-refractivity contribution in [2.45, 2.75) is 25.1 Å². The highest BCUT2D eigenvalue weighted by atomic mass is 19.4. The molecule has 1 amide bonds. The number of aliphatic hydroxyl groups excluding tert-OH is 1. The third-order valence-electron chi connectivity index (χ3n) is 5.13. The molecule has 1 saturated carbocycles. The topological polar surface area (TPSA) is 49.8 Å². The average molecular weight is 393 g/mol. The summed E-state index contributed by atoms with van der Waals surface area (Å²) >= 11 is 0. The van der Waals surface area contributed by atoms with Crippen LogP contribution in [-0.2, 0) is 11.0 Å². The van der Waals surface area contributed by atoms with Gasteiger partial charge in [0.15, 0.2) is 0 Å². The number of rotatable bonds is 6. The summed E-state index contributed by atoms with van der Waals surface area (Å²) < 4.78 is 43.4. The lowest BCUT2D eigenvalue weighted by atomic mass is 9.89. The van der Waals surface area contributed by atoms with Crippen molar-refractivity contribution in [3.8, 4) is 5.75 Å². The second-order valence-corrected chi connectivity index (χ2v) is 7.02. The van der Waals surface area contributed by atoms with Gasteiger partial charge in [-0.1, -0.05) is 12.1 Å². The Morgan fingerprint density at radius 3 is 2.14 bits per heavy atom. The smallest absolute Gasteiger partial charge is 0.416 e. The van der Waals surface area contributed by atoms with Crippen molar-refractivity contribution in [2.24, 2.45) is 11.8 Å². The maximum atomic E-state index is 13.1. The molecule has 7 heteroatoms. The van der Waals surface area contributed by atoms with Gasteiger partial charge in [-0.2, -0.15) is 13.2 Å². The van der Waals surface area contributed by atoms with E-state index < -0.39 is 23.8 Å². The molecule has 1 aliphatic carbocycles. The summed E-state index contributed by atoms with van der Waals surface area (Å²) in [5.41, 5.74) is 0.172. The summed E-state index contributed by atoms with van der Waals surface area (Å²) in [5, 5.41) is 10.8. The first-order valence-electron chi connectivity index (χ1n) is 8.99. The molecule has 2 aromatic rings. The van der Waals surface area contributed by atoms with Crippen molar-refractivity contribution < 1.29 is 27.8 Å². The van der Waals surface area contributed by atoms with Gasteiger partial charge in [-0.25, -0.2) is 0 Å². The first-order valence-corrected chi connectivity index (χ1v) is 8.99. The van der Waals surface area contributed by atoms with Crippen LogP contribution >= 0.6 is 0 Å². The molecule has 0 aliphatic heterocycles. The Balaban J connectivity index is 1.81. The number of nitrogens with zero attached hydrogens (tertiary/aromatic N) is 1. The maximum absolute atomic E-state index is 13.1. The minimum atomic E-state index is -4.44. The lowest BCUT2D eigenvalue weighted by Crippen LogP contribution is -2.37. The van der Waals surface area contributed by atoms with E-state index in [1.165, 1.54) is 17.0 Å². The number of alkyl halides is 3. The Bertz CT molecular complexity index is 814. The molecule has 1 N–H and O–H groups in total. The zero-order valence-corrected chi connectivity index (χ0v) is 15.6. The van der Waals surface area contributed by atoms with Crippen molar-refractivity contribution in [3.63, 3.8) is 0 Å². The molecule has 0 bridgehead atoms. The van der Waals surface area contributed by atoms with E-state index in [1.807, 2.05) is 0 Å². The summed E-state index contributed by atoms with van der Waals surface area (Å²) in [6, 6.07) is 11.3. The normalized spacial score (nSPS) is 16.4. The molecule has 0 unspecified atom stereocenters. The van der Waals surface area contributed by atoms with E-state index in [2.05, 4.69) is 0 Å². The number of anilines is 1. The highest BCUT2D eigenvalue weighted by Gasteiger charge is 2.43. The van der Waals surface area contributed by atoms with Gasteiger partial charge in [-0.15, -0.1) is 0 Å². The predicted octanol–water partition coefficient (Wildman–Crippen LogP) is 4.44. The van der Waals surface area contributed by atoms with E-state index >= 15 is 0 Å². The van der Waals surface area contributed by atoms with Crippen LogP contribution in [0, 0.1) is 11.8 Å². The number of aliphatic hydroxyl groups is 1. The molecule has 1 aliphatic rings. The minimum Gasteiger partial charge on any atom is -0.497 e. The molecule has 2 atom stereocenters. The van der Waals surface area contributed by atoms with Gasteiger partial charge < -0.3 is 14.7 Å². The number of carbonyl (C=O) groups is 1. The van der Waals surface area contributed by atoms with Gasteiger partial charge in [0.2, 0.25) is 5.91 Å². The van der Waals surface area contributed by atoms with Gasteiger partial charge in [0, 0.05) is 12.7 Å². The zero-order chi connectivity index (χ0) is 20.5. The van der Waals surface area contributed by atoms with Crippen LogP contribution in [0.1, 0.15) is 30.1 Å². The number of carbonyl (C=O) groups excluding carboxylic acids is 1. The quantitative estimate of drug-likeness (QED) is 0.790. The van der Waals surface area contributed by atoms with Crippen LogP contribution in [-0.4, -0.2) is 25.2 Å². The number of halogens is 3. The van der Waals surface area contributed by atoms with Crippen LogP contribution in [0.25, 0.3) is 0 Å². The fourth-order valence-corrected chi connectivity index (χ4v) is 3.28. The Labute approximate surface area is 161 Å². The number of hydrogen-bond donors (Lipinski definition) is 1. The largest absolute Gasteiger partial charge is 0.497 e. The zero-order valence-electron chi connectivity index (χ0n) is 15.6. The van der Waals surface area contributed by atoms with Gasteiger partial charge in [-0.3, -0.25) is 4.79 Å². The highest BCUT2D eigenvalue weighted by Crippen LogP contribution is 2.44. The molecular formula is C21H22F3NO3. The number of amides is 1. The van der Waals surface area contributed by atoms with Crippen molar-refractivity contribution in [1.82, 2.24) is 0 Å². The first-order chi connectivity index (χ1) is 13.2. The van der Waals surface area contributed by atoms with Gasteiger partial charge >= 0.3 is 6.18 Å². The van der Waals surface area contributed by atoms with Crippen LogP contribution in [0.4, 0.5) is 18.9 Å².